The highest BCUT2D eigenvalue weighted by Crippen LogP contribution is 2.14. The highest BCUT2D eigenvalue weighted by molar-refractivity contribution is 7.91. The molecular formula is C15H20N2O3S. The predicted octanol–water partition coefficient (Wildman–Crippen LogP) is 1.44. The summed E-state index contributed by atoms with van der Waals surface area (Å²) < 4.78 is 30.2. The molecule has 0 N–H and O–H groups in total. The van der Waals surface area contributed by atoms with Crippen molar-refractivity contribution in [1.82, 2.24) is 4.90 Å². The first-order valence-electron chi connectivity index (χ1n) is 7.01. The maximum atomic E-state index is 12.3. The Balaban J connectivity index is 1.99. The van der Waals surface area contributed by atoms with E-state index in [4.69, 9.17) is 10.00 Å². The van der Waals surface area contributed by atoms with Crippen molar-refractivity contribution in [1.29, 1.82) is 5.26 Å². The number of rotatable bonds is 4. The highest BCUT2D eigenvalue weighted by Gasteiger charge is 2.24. The SMILES string of the molecule is CC1CN(CCS(=O)(=O)c2ccc(C#N)cc2)CC(C)O1. The largest absolute Gasteiger partial charge is 0.373 e. The first-order valence-corrected chi connectivity index (χ1v) is 8.66. The molecule has 1 fully saturated rings. The van der Waals surface area contributed by atoms with E-state index in [1.165, 1.54) is 24.3 Å². The Kier molecular flexibility index (Phi) is 4.99. The lowest BCUT2D eigenvalue weighted by atomic mass is 10.2. The number of hydrogen-bond acceptors (Lipinski definition) is 5. The molecule has 1 aromatic carbocycles. The van der Waals surface area contributed by atoms with Gasteiger partial charge in [-0.2, -0.15) is 5.26 Å². The molecule has 5 nitrogen and oxygen atoms in total. The lowest BCUT2D eigenvalue weighted by molar-refractivity contribution is -0.0662. The molecule has 6 heteroatoms. The van der Waals surface area contributed by atoms with Gasteiger partial charge in [-0.25, -0.2) is 8.42 Å². The van der Waals surface area contributed by atoms with Gasteiger partial charge < -0.3 is 4.74 Å². The summed E-state index contributed by atoms with van der Waals surface area (Å²) in [7, 11) is -3.31. The quantitative estimate of drug-likeness (QED) is 0.842. The fraction of sp³-hybridized carbons (Fsp3) is 0.533. The summed E-state index contributed by atoms with van der Waals surface area (Å²) in [5, 5.41) is 8.74. The van der Waals surface area contributed by atoms with Crippen LogP contribution in [-0.4, -0.2) is 50.9 Å². The molecule has 2 rings (SSSR count). The van der Waals surface area contributed by atoms with Gasteiger partial charge >= 0.3 is 0 Å². The molecule has 1 saturated heterocycles. The third-order valence-electron chi connectivity index (χ3n) is 3.51. The molecule has 0 saturated carbocycles. The summed E-state index contributed by atoms with van der Waals surface area (Å²) >= 11 is 0. The van der Waals surface area contributed by atoms with E-state index in [0.29, 0.717) is 12.1 Å². The van der Waals surface area contributed by atoms with Crippen molar-refractivity contribution in [2.45, 2.75) is 31.0 Å². The Morgan fingerprint density at radius 3 is 2.33 bits per heavy atom. The second kappa shape index (κ2) is 6.56. The van der Waals surface area contributed by atoms with E-state index in [1.54, 1.807) is 0 Å². The normalized spacial score (nSPS) is 23.7. The van der Waals surface area contributed by atoms with Gasteiger partial charge in [-0.1, -0.05) is 0 Å². The molecule has 1 aliphatic rings. The van der Waals surface area contributed by atoms with Crippen LogP contribution in [0.1, 0.15) is 19.4 Å². The van der Waals surface area contributed by atoms with Crippen molar-refractivity contribution >= 4 is 9.84 Å². The third kappa shape index (κ3) is 4.27. The Morgan fingerprint density at radius 2 is 1.81 bits per heavy atom. The minimum atomic E-state index is -3.31. The van der Waals surface area contributed by atoms with Crippen LogP contribution in [0.25, 0.3) is 0 Å². The molecule has 1 aliphatic heterocycles. The minimum absolute atomic E-state index is 0.0817. The van der Waals surface area contributed by atoms with Gasteiger partial charge in [0.2, 0.25) is 0 Å². The van der Waals surface area contributed by atoms with Gasteiger partial charge in [-0.05, 0) is 38.1 Å². The van der Waals surface area contributed by atoms with Crippen molar-refractivity contribution in [2.75, 3.05) is 25.4 Å². The van der Waals surface area contributed by atoms with Crippen molar-refractivity contribution < 1.29 is 13.2 Å². The zero-order valence-corrected chi connectivity index (χ0v) is 13.1. The number of hydrogen-bond donors (Lipinski definition) is 0. The van der Waals surface area contributed by atoms with E-state index in [-0.39, 0.29) is 22.9 Å². The fourth-order valence-electron chi connectivity index (χ4n) is 2.57. The van der Waals surface area contributed by atoms with Crippen LogP contribution in [0.4, 0.5) is 0 Å². The lowest BCUT2D eigenvalue weighted by Gasteiger charge is -2.35. The predicted molar refractivity (Wildman–Crippen MR) is 79.7 cm³/mol. The highest BCUT2D eigenvalue weighted by atomic mass is 32.2. The van der Waals surface area contributed by atoms with Crippen LogP contribution < -0.4 is 0 Å². The van der Waals surface area contributed by atoms with Gasteiger partial charge in [0.05, 0.1) is 34.5 Å². The van der Waals surface area contributed by atoms with Gasteiger partial charge in [0, 0.05) is 19.6 Å². The van der Waals surface area contributed by atoms with Crippen molar-refractivity contribution in [3.63, 3.8) is 0 Å². The number of sulfone groups is 1. The topological polar surface area (TPSA) is 70.4 Å². The van der Waals surface area contributed by atoms with Crippen LogP contribution in [0.2, 0.25) is 0 Å². The maximum absolute atomic E-state index is 12.3. The molecule has 0 radical (unpaired) electrons. The molecule has 1 heterocycles. The molecule has 0 aliphatic carbocycles. The first-order chi connectivity index (χ1) is 9.90. The number of morpholine rings is 1. The molecule has 21 heavy (non-hydrogen) atoms. The van der Waals surface area contributed by atoms with E-state index in [0.717, 1.165) is 13.1 Å². The second-order valence-corrected chi connectivity index (χ2v) is 7.58. The van der Waals surface area contributed by atoms with Gasteiger partial charge in [0.15, 0.2) is 9.84 Å². The fourth-order valence-corrected chi connectivity index (χ4v) is 3.86. The van der Waals surface area contributed by atoms with Crippen LogP contribution in [0.3, 0.4) is 0 Å². The van der Waals surface area contributed by atoms with E-state index < -0.39 is 9.84 Å². The Bertz CT molecular complexity index is 609. The van der Waals surface area contributed by atoms with Crippen molar-refractivity contribution in [3.8, 4) is 6.07 Å². The van der Waals surface area contributed by atoms with E-state index in [9.17, 15) is 8.42 Å². The monoisotopic (exact) mass is 308 g/mol. The Hall–Kier alpha value is -1.42. The molecule has 0 amide bonds. The summed E-state index contributed by atoms with van der Waals surface area (Å²) in [6, 6.07) is 8.05. The zero-order chi connectivity index (χ0) is 15.5. The summed E-state index contributed by atoms with van der Waals surface area (Å²) in [6.45, 7) is 6.01. The lowest BCUT2D eigenvalue weighted by Crippen LogP contribution is -2.46. The molecule has 1 aromatic rings. The van der Waals surface area contributed by atoms with Crippen LogP contribution >= 0.6 is 0 Å². The minimum Gasteiger partial charge on any atom is -0.373 e. The van der Waals surface area contributed by atoms with E-state index >= 15 is 0 Å². The molecule has 2 atom stereocenters. The molecule has 0 bridgehead atoms. The summed E-state index contributed by atoms with van der Waals surface area (Å²) in [6.07, 6.45) is 0.262. The maximum Gasteiger partial charge on any atom is 0.179 e. The van der Waals surface area contributed by atoms with Gasteiger partial charge in [-0.3, -0.25) is 4.90 Å². The van der Waals surface area contributed by atoms with Crippen LogP contribution in [0.5, 0.6) is 0 Å². The van der Waals surface area contributed by atoms with Crippen molar-refractivity contribution in [2.24, 2.45) is 0 Å². The second-order valence-electron chi connectivity index (χ2n) is 5.47. The molecule has 0 aromatic heterocycles. The average Bonchev–Trinajstić information content (AvgIpc) is 2.44. The molecule has 2 unspecified atom stereocenters. The number of nitrogens with zero attached hydrogens (tertiary/aromatic N) is 2. The van der Waals surface area contributed by atoms with Gasteiger partial charge in [0.25, 0.3) is 0 Å². The standard InChI is InChI=1S/C15H20N2O3S/c1-12-10-17(11-13(2)20-12)7-8-21(18,19)15-5-3-14(9-16)4-6-15/h3-6,12-13H,7-8,10-11H2,1-2H3. The molecule has 114 valence electrons. The van der Waals surface area contributed by atoms with Crippen LogP contribution in [0.15, 0.2) is 29.2 Å². The van der Waals surface area contributed by atoms with Crippen LogP contribution in [-0.2, 0) is 14.6 Å². The van der Waals surface area contributed by atoms with Crippen LogP contribution in [0, 0.1) is 11.3 Å². The summed E-state index contributed by atoms with van der Waals surface area (Å²) in [4.78, 5) is 2.40. The third-order valence-corrected chi connectivity index (χ3v) is 5.22. The zero-order valence-electron chi connectivity index (χ0n) is 12.3. The number of benzene rings is 1. The average molecular weight is 308 g/mol. The molecular weight excluding hydrogens is 288 g/mol. The van der Waals surface area contributed by atoms with Crippen molar-refractivity contribution in [3.05, 3.63) is 29.8 Å². The summed E-state index contributed by atoms with van der Waals surface area (Å²) in [5.41, 5.74) is 0.463. The van der Waals surface area contributed by atoms with E-state index in [1.807, 2.05) is 19.9 Å². The first kappa shape index (κ1) is 16.0. The smallest absolute Gasteiger partial charge is 0.179 e. The Morgan fingerprint density at radius 1 is 1.24 bits per heavy atom. The molecule has 0 spiro atoms. The number of ether oxygens (including phenoxy) is 1. The Labute approximate surface area is 126 Å². The van der Waals surface area contributed by atoms with Gasteiger partial charge in [0.1, 0.15) is 0 Å². The number of nitriles is 1. The van der Waals surface area contributed by atoms with E-state index in [2.05, 4.69) is 4.90 Å². The van der Waals surface area contributed by atoms with Gasteiger partial charge in [-0.15, -0.1) is 0 Å². The summed E-state index contributed by atoms with van der Waals surface area (Å²) in [5.74, 6) is 0.0817.